The van der Waals surface area contributed by atoms with E-state index < -0.39 is 17.6 Å². The molecule has 34 heavy (non-hydrogen) atoms. The molecule has 1 aliphatic heterocycles. The number of piperidine rings is 1. The van der Waals surface area contributed by atoms with E-state index in [9.17, 15) is 18.0 Å². The van der Waals surface area contributed by atoms with Crippen molar-refractivity contribution in [3.05, 3.63) is 48.2 Å². The van der Waals surface area contributed by atoms with E-state index in [1.807, 2.05) is 11.0 Å². The van der Waals surface area contributed by atoms with Crippen LogP contribution in [0.25, 0.3) is 11.1 Å². The van der Waals surface area contributed by atoms with Gasteiger partial charge >= 0.3 is 12.1 Å². The molecule has 0 bridgehead atoms. The number of likely N-dealkylation sites (tertiary alicyclic amines) is 1. The van der Waals surface area contributed by atoms with Crippen LogP contribution in [0.2, 0.25) is 0 Å². The number of benzene rings is 1. The monoisotopic (exact) mass is 476 g/mol. The summed E-state index contributed by atoms with van der Waals surface area (Å²) in [7, 11) is 0. The fourth-order valence-corrected chi connectivity index (χ4v) is 5.14. The number of hydrogen-bond donors (Lipinski definition) is 1. The number of aromatic nitrogens is 1. The van der Waals surface area contributed by atoms with Crippen molar-refractivity contribution in [1.82, 2.24) is 9.88 Å². The number of ether oxygens (including phenoxy) is 1. The molecule has 1 aromatic carbocycles. The zero-order valence-electron chi connectivity index (χ0n) is 19.2. The number of carboxylic acids is 1. The van der Waals surface area contributed by atoms with E-state index in [0.717, 1.165) is 30.4 Å². The Labute approximate surface area is 197 Å². The highest BCUT2D eigenvalue weighted by atomic mass is 19.4. The maximum absolute atomic E-state index is 13.8. The average molecular weight is 477 g/mol. The average Bonchev–Trinajstić information content (AvgIpc) is 2.84. The zero-order valence-corrected chi connectivity index (χ0v) is 19.2. The maximum Gasteiger partial charge on any atom is 0.395 e. The lowest BCUT2D eigenvalue weighted by molar-refractivity contribution is -0.240. The first-order valence-corrected chi connectivity index (χ1v) is 12.0. The quantitative estimate of drug-likeness (QED) is 0.527. The fourth-order valence-electron chi connectivity index (χ4n) is 5.14. The number of aromatic carboxylic acids is 1. The van der Waals surface area contributed by atoms with Gasteiger partial charge in [0.05, 0.1) is 17.6 Å². The normalized spacial score (nSPS) is 19.6. The van der Waals surface area contributed by atoms with Crippen LogP contribution >= 0.6 is 0 Å². The van der Waals surface area contributed by atoms with Gasteiger partial charge in [-0.2, -0.15) is 13.2 Å². The van der Waals surface area contributed by atoms with Crippen molar-refractivity contribution < 1.29 is 27.8 Å². The van der Waals surface area contributed by atoms with E-state index in [1.54, 1.807) is 36.5 Å². The van der Waals surface area contributed by atoms with Gasteiger partial charge in [-0.05, 0) is 68.5 Å². The van der Waals surface area contributed by atoms with Gasteiger partial charge in [0.2, 0.25) is 5.88 Å². The van der Waals surface area contributed by atoms with Crippen LogP contribution in [0.3, 0.4) is 0 Å². The van der Waals surface area contributed by atoms with E-state index in [4.69, 9.17) is 9.84 Å². The van der Waals surface area contributed by atoms with Crippen LogP contribution in [0.5, 0.6) is 5.88 Å². The van der Waals surface area contributed by atoms with Gasteiger partial charge < -0.3 is 14.7 Å². The molecule has 2 aromatic rings. The van der Waals surface area contributed by atoms with Crippen LogP contribution in [-0.4, -0.2) is 53.4 Å². The number of nitrogens with zero attached hydrogens (tertiary/aromatic N) is 2. The highest BCUT2D eigenvalue weighted by molar-refractivity contribution is 5.88. The predicted molar refractivity (Wildman–Crippen MR) is 123 cm³/mol. The molecule has 5 nitrogen and oxygen atoms in total. The molecule has 1 aliphatic carbocycles. The van der Waals surface area contributed by atoms with Crippen molar-refractivity contribution in [3.63, 3.8) is 0 Å². The van der Waals surface area contributed by atoms with Crippen LogP contribution in [0.15, 0.2) is 42.6 Å². The van der Waals surface area contributed by atoms with Crippen LogP contribution < -0.4 is 4.74 Å². The lowest BCUT2D eigenvalue weighted by atomic mass is 9.72. The Hall–Kier alpha value is -2.61. The third-order valence-corrected chi connectivity index (χ3v) is 7.31. The molecule has 0 amide bonds. The molecule has 1 saturated carbocycles. The highest BCUT2D eigenvalue weighted by Gasteiger charge is 2.55. The fraction of sp³-hybridized carbons (Fsp3) is 0.538. The van der Waals surface area contributed by atoms with Crippen molar-refractivity contribution >= 4 is 5.97 Å². The molecule has 4 rings (SSSR count). The SMILES string of the molecule is O=C(O)c1ccc(-c2ccc(OCC3CCN(CC4(C(F)(F)F)CCCCC4)CC3)nc2)cc1. The topological polar surface area (TPSA) is 62.7 Å². The Bertz CT molecular complexity index is 947. The van der Waals surface area contributed by atoms with Crippen LogP contribution in [0.4, 0.5) is 13.2 Å². The number of pyridine rings is 1. The first kappa shape index (κ1) is 24.5. The second-order valence-electron chi connectivity index (χ2n) is 9.64. The molecule has 1 saturated heterocycles. The minimum Gasteiger partial charge on any atom is -0.478 e. The summed E-state index contributed by atoms with van der Waals surface area (Å²) in [6.07, 6.45) is 1.95. The number of halogens is 3. The molecule has 2 fully saturated rings. The molecule has 0 radical (unpaired) electrons. The van der Waals surface area contributed by atoms with Crippen molar-refractivity contribution in [2.24, 2.45) is 11.3 Å². The van der Waals surface area contributed by atoms with Gasteiger partial charge in [0.15, 0.2) is 0 Å². The Morgan fingerprint density at radius 3 is 2.24 bits per heavy atom. The third-order valence-electron chi connectivity index (χ3n) is 7.31. The lowest BCUT2D eigenvalue weighted by Gasteiger charge is -2.44. The first-order chi connectivity index (χ1) is 16.3. The molecule has 8 heteroatoms. The van der Waals surface area contributed by atoms with Gasteiger partial charge in [0.25, 0.3) is 0 Å². The molecular weight excluding hydrogens is 445 g/mol. The summed E-state index contributed by atoms with van der Waals surface area (Å²) in [5.74, 6) is -0.158. The van der Waals surface area contributed by atoms with Crippen molar-refractivity contribution in [2.75, 3.05) is 26.2 Å². The summed E-state index contributed by atoms with van der Waals surface area (Å²) in [4.78, 5) is 17.3. The second-order valence-corrected chi connectivity index (χ2v) is 9.64. The highest BCUT2D eigenvalue weighted by Crippen LogP contribution is 2.49. The third kappa shape index (κ3) is 5.71. The molecule has 0 unspecified atom stereocenters. The Morgan fingerprint density at radius 2 is 1.68 bits per heavy atom. The molecule has 2 heterocycles. The van der Waals surface area contributed by atoms with E-state index in [-0.39, 0.29) is 24.9 Å². The van der Waals surface area contributed by atoms with Crippen LogP contribution in [0, 0.1) is 11.3 Å². The van der Waals surface area contributed by atoms with Gasteiger partial charge in [-0.15, -0.1) is 0 Å². The number of carboxylic acid groups (broad SMARTS) is 1. The number of hydrogen-bond acceptors (Lipinski definition) is 4. The van der Waals surface area contributed by atoms with Crippen molar-refractivity contribution in [3.8, 4) is 17.0 Å². The van der Waals surface area contributed by atoms with Crippen LogP contribution in [0.1, 0.15) is 55.3 Å². The molecule has 0 atom stereocenters. The molecular formula is C26H31F3N2O3. The van der Waals surface area contributed by atoms with Gasteiger partial charge in [0.1, 0.15) is 0 Å². The molecule has 0 spiro atoms. The Kier molecular flexibility index (Phi) is 7.45. The summed E-state index contributed by atoms with van der Waals surface area (Å²) >= 11 is 0. The minimum atomic E-state index is -4.14. The minimum absolute atomic E-state index is 0.126. The number of rotatable bonds is 7. The maximum atomic E-state index is 13.8. The largest absolute Gasteiger partial charge is 0.478 e. The number of alkyl halides is 3. The van der Waals surface area contributed by atoms with Crippen molar-refractivity contribution in [2.45, 2.75) is 51.1 Å². The Morgan fingerprint density at radius 1 is 1.03 bits per heavy atom. The molecule has 2 aliphatic rings. The van der Waals surface area contributed by atoms with E-state index in [2.05, 4.69) is 4.98 Å². The molecule has 1 N–H and O–H groups in total. The summed E-state index contributed by atoms with van der Waals surface area (Å²) < 4.78 is 47.4. The lowest BCUT2D eigenvalue weighted by Crippen LogP contribution is -2.50. The summed E-state index contributed by atoms with van der Waals surface area (Å²) in [5, 5.41) is 9.00. The second kappa shape index (κ2) is 10.3. The predicted octanol–water partition coefficient (Wildman–Crippen LogP) is 6.05. The van der Waals surface area contributed by atoms with Crippen LogP contribution in [-0.2, 0) is 0 Å². The Balaban J connectivity index is 1.25. The summed E-state index contributed by atoms with van der Waals surface area (Å²) in [6, 6.07) is 10.3. The van der Waals surface area contributed by atoms with Crippen molar-refractivity contribution in [1.29, 1.82) is 0 Å². The smallest absolute Gasteiger partial charge is 0.395 e. The van der Waals surface area contributed by atoms with E-state index >= 15 is 0 Å². The molecule has 184 valence electrons. The van der Waals surface area contributed by atoms with E-state index in [0.29, 0.717) is 44.3 Å². The summed E-state index contributed by atoms with van der Waals surface area (Å²) in [6.45, 7) is 1.97. The van der Waals surface area contributed by atoms with Gasteiger partial charge in [-0.3, -0.25) is 0 Å². The van der Waals surface area contributed by atoms with Gasteiger partial charge in [-0.1, -0.05) is 31.4 Å². The standard InChI is InChI=1S/C26H31F3N2O3/c27-26(28,29)25(12-2-1-3-13-25)18-31-14-10-19(11-15-31)17-34-23-9-8-22(16-30-23)20-4-6-21(7-5-20)24(32)33/h4-9,16,19H,1-3,10-15,17-18H2,(H,32,33). The van der Waals surface area contributed by atoms with E-state index in [1.165, 1.54) is 0 Å². The summed E-state index contributed by atoms with van der Waals surface area (Å²) in [5.41, 5.74) is 0.425. The zero-order chi connectivity index (χ0) is 24.2. The first-order valence-electron chi connectivity index (χ1n) is 12.0. The number of carbonyl (C=O) groups is 1. The molecule has 1 aromatic heterocycles. The van der Waals surface area contributed by atoms with Gasteiger partial charge in [-0.25, -0.2) is 9.78 Å². The van der Waals surface area contributed by atoms with Gasteiger partial charge in [0, 0.05) is 24.4 Å².